The van der Waals surface area contributed by atoms with E-state index < -0.39 is 0 Å². The van der Waals surface area contributed by atoms with Crippen molar-refractivity contribution in [2.24, 2.45) is 0 Å². The number of nitrogens with one attached hydrogen (secondary N) is 1. The molecule has 1 amide bonds. The van der Waals surface area contributed by atoms with E-state index in [-0.39, 0.29) is 5.91 Å². The van der Waals surface area contributed by atoms with Crippen molar-refractivity contribution in [3.8, 4) is 0 Å². The van der Waals surface area contributed by atoms with Crippen molar-refractivity contribution in [2.75, 3.05) is 6.54 Å². The fourth-order valence-electron chi connectivity index (χ4n) is 1.65. The lowest BCUT2D eigenvalue weighted by Crippen LogP contribution is -2.23. The summed E-state index contributed by atoms with van der Waals surface area (Å²) in [5.41, 5.74) is 0. The van der Waals surface area contributed by atoms with Crippen molar-refractivity contribution in [3.63, 3.8) is 0 Å². The fourth-order valence-corrected chi connectivity index (χ4v) is 1.65. The number of furan rings is 1. The quantitative estimate of drug-likeness (QED) is 0.637. The van der Waals surface area contributed by atoms with Crippen LogP contribution in [-0.4, -0.2) is 22.2 Å². The monoisotopic (exact) mass is 259 g/mol. The molecule has 5 nitrogen and oxygen atoms in total. The minimum absolute atomic E-state index is 0.116. The lowest BCUT2D eigenvalue weighted by molar-refractivity contribution is -0.116. The molecule has 0 saturated carbocycles. The van der Waals surface area contributed by atoms with Gasteiger partial charge in [-0.05, 0) is 37.6 Å². The van der Waals surface area contributed by atoms with Gasteiger partial charge in [0.15, 0.2) is 0 Å². The van der Waals surface area contributed by atoms with Crippen molar-refractivity contribution in [2.45, 2.75) is 19.9 Å². The summed E-state index contributed by atoms with van der Waals surface area (Å²) < 4.78 is 7.17. The Balaban J connectivity index is 1.66. The van der Waals surface area contributed by atoms with Crippen LogP contribution in [-0.2, 0) is 11.3 Å². The lowest BCUT2D eigenvalue weighted by Gasteiger charge is -2.02. The first-order valence-electron chi connectivity index (χ1n) is 6.24. The van der Waals surface area contributed by atoms with Crippen LogP contribution in [0.1, 0.15) is 17.9 Å². The highest BCUT2D eigenvalue weighted by atomic mass is 16.3. The predicted molar refractivity (Wildman–Crippen MR) is 72.3 cm³/mol. The Morgan fingerprint density at radius 3 is 3.11 bits per heavy atom. The molecule has 0 unspecified atom stereocenters. The largest absolute Gasteiger partial charge is 0.462 e. The maximum atomic E-state index is 11.5. The van der Waals surface area contributed by atoms with Gasteiger partial charge in [0.25, 0.3) is 0 Å². The van der Waals surface area contributed by atoms with Gasteiger partial charge in [-0.2, -0.15) is 5.10 Å². The van der Waals surface area contributed by atoms with Crippen LogP contribution in [0.5, 0.6) is 0 Å². The maximum Gasteiger partial charge on any atom is 0.244 e. The molecule has 0 aliphatic carbocycles. The molecule has 1 N–H and O–H groups in total. The molecule has 0 bridgehead atoms. The molecular weight excluding hydrogens is 242 g/mol. The molecule has 0 atom stereocenters. The molecule has 2 aromatic heterocycles. The molecule has 2 heterocycles. The molecule has 0 radical (unpaired) electrons. The first-order chi connectivity index (χ1) is 9.24. The fraction of sp³-hybridized carbons (Fsp3) is 0.286. The molecule has 0 fully saturated rings. The van der Waals surface area contributed by atoms with Crippen molar-refractivity contribution < 1.29 is 9.21 Å². The van der Waals surface area contributed by atoms with Crippen LogP contribution in [0.2, 0.25) is 0 Å². The van der Waals surface area contributed by atoms with Gasteiger partial charge < -0.3 is 9.73 Å². The smallest absolute Gasteiger partial charge is 0.244 e. The van der Waals surface area contributed by atoms with Crippen LogP contribution in [0.3, 0.4) is 0 Å². The molecule has 19 heavy (non-hydrogen) atoms. The third-order valence-electron chi connectivity index (χ3n) is 2.58. The van der Waals surface area contributed by atoms with Crippen LogP contribution in [0, 0.1) is 6.92 Å². The van der Waals surface area contributed by atoms with Gasteiger partial charge in [-0.25, -0.2) is 0 Å². The number of carbonyl (C=O) groups excluding carboxylic acids is 1. The molecule has 5 heteroatoms. The zero-order valence-corrected chi connectivity index (χ0v) is 10.9. The number of amides is 1. The normalized spacial score (nSPS) is 11.0. The van der Waals surface area contributed by atoms with E-state index in [1.807, 2.05) is 36.0 Å². The molecule has 0 saturated heterocycles. The second kappa shape index (κ2) is 6.58. The average molecular weight is 259 g/mol. The zero-order chi connectivity index (χ0) is 13.5. The van der Waals surface area contributed by atoms with Crippen LogP contribution >= 0.6 is 0 Å². The summed E-state index contributed by atoms with van der Waals surface area (Å²) in [4.78, 5) is 11.5. The van der Waals surface area contributed by atoms with E-state index in [1.54, 1.807) is 12.3 Å². The topological polar surface area (TPSA) is 60.1 Å². The van der Waals surface area contributed by atoms with Crippen molar-refractivity contribution in [1.29, 1.82) is 0 Å². The Labute approximate surface area is 111 Å². The Hall–Kier alpha value is -2.30. The molecule has 0 aliphatic heterocycles. The van der Waals surface area contributed by atoms with E-state index in [1.165, 1.54) is 6.08 Å². The summed E-state index contributed by atoms with van der Waals surface area (Å²) in [6.45, 7) is 3.29. The Bertz CT molecular complexity index is 541. The molecule has 2 rings (SSSR count). The summed E-state index contributed by atoms with van der Waals surface area (Å²) in [5, 5.41) is 6.90. The number of rotatable bonds is 6. The summed E-state index contributed by atoms with van der Waals surface area (Å²) >= 11 is 0. The third-order valence-corrected chi connectivity index (χ3v) is 2.58. The second-order valence-electron chi connectivity index (χ2n) is 4.20. The van der Waals surface area contributed by atoms with E-state index >= 15 is 0 Å². The number of hydrogen-bond donors (Lipinski definition) is 1. The van der Waals surface area contributed by atoms with E-state index in [4.69, 9.17) is 4.42 Å². The highest BCUT2D eigenvalue weighted by molar-refractivity contribution is 5.91. The number of hydrogen-bond acceptors (Lipinski definition) is 3. The maximum absolute atomic E-state index is 11.5. The van der Waals surface area contributed by atoms with E-state index in [0.717, 1.165) is 18.7 Å². The predicted octanol–water partition coefficient (Wildman–Crippen LogP) is 2.00. The van der Waals surface area contributed by atoms with Crippen molar-refractivity contribution in [1.82, 2.24) is 15.1 Å². The molecule has 0 spiro atoms. The number of aryl methyl sites for hydroxylation is 2. The summed E-state index contributed by atoms with van der Waals surface area (Å²) in [7, 11) is 0. The van der Waals surface area contributed by atoms with Crippen LogP contribution in [0.4, 0.5) is 0 Å². The van der Waals surface area contributed by atoms with Crippen molar-refractivity contribution >= 4 is 12.0 Å². The number of nitrogens with zero attached hydrogens (tertiary/aromatic N) is 2. The summed E-state index contributed by atoms with van der Waals surface area (Å²) in [6.07, 6.45) is 7.64. The molecule has 2 aromatic rings. The van der Waals surface area contributed by atoms with Gasteiger partial charge in [-0.3, -0.25) is 9.48 Å². The van der Waals surface area contributed by atoms with Gasteiger partial charge in [-0.1, -0.05) is 0 Å². The molecule has 100 valence electrons. The van der Waals surface area contributed by atoms with E-state index in [9.17, 15) is 4.79 Å². The summed E-state index contributed by atoms with van der Waals surface area (Å²) in [5.74, 6) is 1.40. The van der Waals surface area contributed by atoms with Crippen LogP contribution in [0.15, 0.2) is 41.1 Å². The van der Waals surface area contributed by atoms with Gasteiger partial charge in [-0.15, -0.1) is 0 Å². The Morgan fingerprint density at radius 1 is 1.53 bits per heavy atom. The highest BCUT2D eigenvalue weighted by Gasteiger charge is 1.97. The Morgan fingerprint density at radius 2 is 2.42 bits per heavy atom. The third kappa shape index (κ3) is 4.46. The van der Waals surface area contributed by atoms with Crippen LogP contribution < -0.4 is 5.32 Å². The van der Waals surface area contributed by atoms with E-state index in [2.05, 4.69) is 10.4 Å². The first kappa shape index (κ1) is 13.1. The van der Waals surface area contributed by atoms with Gasteiger partial charge in [0.05, 0.1) is 0 Å². The molecule has 0 aromatic carbocycles. The van der Waals surface area contributed by atoms with Gasteiger partial charge >= 0.3 is 0 Å². The standard InChI is InChI=1S/C14H17N3O2/c1-12-4-5-13(19-12)6-7-14(18)15-8-2-10-17-11-3-9-16-17/h3-7,9,11H,2,8,10H2,1H3,(H,15,18)/b7-6+. The van der Waals surface area contributed by atoms with Gasteiger partial charge in [0.1, 0.15) is 11.5 Å². The highest BCUT2D eigenvalue weighted by Crippen LogP contribution is 2.07. The van der Waals surface area contributed by atoms with E-state index in [0.29, 0.717) is 12.3 Å². The zero-order valence-electron chi connectivity index (χ0n) is 10.9. The molecular formula is C14H17N3O2. The Kier molecular flexibility index (Phi) is 4.55. The molecule has 0 aliphatic rings. The minimum atomic E-state index is -0.116. The average Bonchev–Trinajstić information content (AvgIpc) is 3.03. The number of aromatic nitrogens is 2. The summed E-state index contributed by atoms with van der Waals surface area (Å²) in [6, 6.07) is 5.57. The van der Waals surface area contributed by atoms with Crippen LogP contribution in [0.25, 0.3) is 6.08 Å². The lowest BCUT2D eigenvalue weighted by atomic mass is 10.3. The van der Waals surface area contributed by atoms with Gasteiger partial charge in [0.2, 0.25) is 5.91 Å². The number of carbonyl (C=O) groups is 1. The second-order valence-corrected chi connectivity index (χ2v) is 4.20. The minimum Gasteiger partial charge on any atom is -0.462 e. The first-order valence-corrected chi connectivity index (χ1v) is 6.24. The van der Waals surface area contributed by atoms with Crippen molar-refractivity contribution in [3.05, 3.63) is 48.2 Å². The van der Waals surface area contributed by atoms with Gasteiger partial charge in [0, 0.05) is 31.6 Å². The SMILES string of the molecule is Cc1ccc(/C=C/C(=O)NCCCn2cccn2)o1.